The highest BCUT2D eigenvalue weighted by atomic mass is 32.2. The number of nitrogens with one attached hydrogen (secondary N) is 3. The summed E-state index contributed by atoms with van der Waals surface area (Å²) < 4.78 is 27.0. The standard InChI is InChI=1S/C24H35F2N5O2S/c1-16(25)5-3-8-20(26)17(2)23(32)29-21-15-27-30-22(21)24(33)28-18-6-4-7-19(10-9-18)31-11-13-34-14-12-31/h3,5,8,15-19H,4,6-7,9-14H2,1-2H3,(H,27,30)(H,28,33)(H,29,32)/b5-3-,20-8+. The largest absolute Gasteiger partial charge is 0.348 e. The van der Waals surface area contributed by atoms with Gasteiger partial charge in [-0.3, -0.25) is 19.6 Å². The first-order chi connectivity index (χ1) is 16.3. The van der Waals surface area contributed by atoms with E-state index in [9.17, 15) is 18.4 Å². The Kier molecular flexibility index (Phi) is 10.1. The van der Waals surface area contributed by atoms with E-state index in [4.69, 9.17) is 0 Å². The summed E-state index contributed by atoms with van der Waals surface area (Å²) in [7, 11) is 0. The van der Waals surface area contributed by atoms with Gasteiger partial charge >= 0.3 is 0 Å². The van der Waals surface area contributed by atoms with E-state index in [1.807, 2.05) is 11.8 Å². The maximum atomic E-state index is 14.2. The molecule has 4 unspecified atom stereocenters. The fourth-order valence-electron chi connectivity index (χ4n) is 4.36. The quantitative estimate of drug-likeness (QED) is 0.371. The van der Waals surface area contributed by atoms with Gasteiger partial charge in [0.2, 0.25) is 5.91 Å². The lowest BCUT2D eigenvalue weighted by Crippen LogP contribution is -2.41. The smallest absolute Gasteiger partial charge is 0.271 e. The molecule has 0 spiro atoms. The summed E-state index contributed by atoms with van der Waals surface area (Å²) >= 11 is 2.01. The van der Waals surface area contributed by atoms with Crippen LogP contribution in [0, 0.1) is 5.92 Å². The number of thioether (sulfide) groups is 1. The summed E-state index contributed by atoms with van der Waals surface area (Å²) in [5.41, 5.74) is 0.345. The number of amides is 2. The Bertz CT molecular complexity index is 882. The van der Waals surface area contributed by atoms with Crippen molar-refractivity contribution < 1.29 is 18.4 Å². The van der Waals surface area contributed by atoms with Crippen molar-refractivity contribution in [2.45, 2.75) is 64.2 Å². The monoisotopic (exact) mass is 495 g/mol. The normalized spacial score (nSPS) is 24.4. The predicted molar refractivity (Wildman–Crippen MR) is 132 cm³/mol. The van der Waals surface area contributed by atoms with Crippen LogP contribution in [0.4, 0.5) is 14.5 Å². The Hall–Kier alpha value is -2.20. The van der Waals surface area contributed by atoms with Crippen LogP contribution in [0.15, 0.2) is 30.3 Å². The van der Waals surface area contributed by atoms with Gasteiger partial charge in [0.05, 0.1) is 17.8 Å². The number of alkyl halides is 1. The first kappa shape index (κ1) is 26.4. The van der Waals surface area contributed by atoms with Gasteiger partial charge in [0.15, 0.2) is 0 Å². The number of carbonyl (C=O) groups is 2. The number of anilines is 1. The van der Waals surface area contributed by atoms with Gasteiger partial charge in [-0.2, -0.15) is 16.9 Å². The molecule has 2 fully saturated rings. The van der Waals surface area contributed by atoms with Gasteiger partial charge in [-0.1, -0.05) is 12.2 Å². The van der Waals surface area contributed by atoms with Crippen molar-refractivity contribution in [3.8, 4) is 0 Å². The van der Waals surface area contributed by atoms with E-state index in [1.54, 1.807) is 0 Å². The second-order valence-corrected chi connectivity index (χ2v) is 10.2. The minimum absolute atomic E-state index is 0.0625. The number of allylic oxidation sites excluding steroid dienone is 3. The minimum Gasteiger partial charge on any atom is -0.348 e. The molecule has 0 radical (unpaired) electrons. The Morgan fingerprint density at radius 1 is 1.24 bits per heavy atom. The third kappa shape index (κ3) is 7.66. The van der Waals surface area contributed by atoms with E-state index in [0.717, 1.165) is 51.3 Å². The van der Waals surface area contributed by atoms with Crippen molar-refractivity contribution in [3.63, 3.8) is 0 Å². The third-order valence-electron chi connectivity index (χ3n) is 6.40. The van der Waals surface area contributed by atoms with Crippen LogP contribution in [0.25, 0.3) is 0 Å². The summed E-state index contributed by atoms with van der Waals surface area (Å²) in [5.74, 6) is -0.383. The molecule has 188 valence electrons. The Labute approximate surface area is 204 Å². The van der Waals surface area contributed by atoms with Gasteiger partial charge < -0.3 is 10.6 Å². The second-order valence-electron chi connectivity index (χ2n) is 8.96. The molecule has 3 rings (SSSR count). The molecule has 4 atom stereocenters. The van der Waals surface area contributed by atoms with Crippen molar-refractivity contribution in [1.82, 2.24) is 20.4 Å². The zero-order chi connectivity index (χ0) is 24.5. The van der Waals surface area contributed by atoms with Gasteiger partial charge in [0, 0.05) is 36.7 Å². The van der Waals surface area contributed by atoms with Gasteiger partial charge in [-0.25, -0.2) is 8.78 Å². The number of H-pyrrole nitrogens is 1. The number of hydrogen-bond donors (Lipinski definition) is 3. The molecule has 10 heteroatoms. The maximum absolute atomic E-state index is 14.2. The van der Waals surface area contributed by atoms with Gasteiger partial charge in [0.1, 0.15) is 17.7 Å². The summed E-state index contributed by atoms with van der Waals surface area (Å²) in [6.45, 7) is 5.01. The highest BCUT2D eigenvalue weighted by molar-refractivity contribution is 7.99. The van der Waals surface area contributed by atoms with Crippen LogP contribution in [0.5, 0.6) is 0 Å². The van der Waals surface area contributed by atoms with E-state index in [1.165, 1.54) is 43.7 Å². The van der Waals surface area contributed by atoms with Crippen molar-refractivity contribution in [1.29, 1.82) is 0 Å². The molecule has 1 aliphatic heterocycles. The summed E-state index contributed by atoms with van der Waals surface area (Å²) in [6, 6.07) is 0.643. The Morgan fingerprint density at radius 3 is 2.74 bits per heavy atom. The lowest BCUT2D eigenvalue weighted by atomic mass is 10.1. The molecule has 3 N–H and O–H groups in total. The van der Waals surface area contributed by atoms with Crippen LogP contribution in [0.1, 0.15) is 56.4 Å². The maximum Gasteiger partial charge on any atom is 0.271 e. The number of halogens is 2. The third-order valence-corrected chi connectivity index (χ3v) is 7.34. The summed E-state index contributed by atoms with van der Waals surface area (Å²) in [5, 5.41) is 12.2. The van der Waals surface area contributed by atoms with Crippen LogP contribution < -0.4 is 10.6 Å². The number of carbonyl (C=O) groups excluding carboxylic acids is 2. The van der Waals surface area contributed by atoms with E-state index in [0.29, 0.717) is 6.04 Å². The zero-order valence-electron chi connectivity index (χ0n) is 19.9. The molecule has 0 bridgehead atoms. The lowest BCUT2D eigenvalue weighted by molar-refractivity contribution is -0.118. The molecule has 1 aromatic rings. The van der Waals surface area contributed by atoms with Crippen LogP contribution in [0.3, 0.4) is 0 Å². The van der Waals surface area contributed by atoms with Gasteiger partial charge in [-0.15, -0.1) is 0 Å². The topological polar surface area (TPSA) is 90.1 Å². The number of hydrogen-bond acceptors (Lipinski definition) is 5. The van der Waals surface area contributed by atoms with E-state index >= 15 is 0 Å². The summed E-state index contributed by atoms with van der Waals surface area (Å²) in [6.07, 6.45) is 8.71. The highest BCUT2D eigenvalue weighted by Gasteiger charge is 2.27. The molecule has 2 amide bonds. The van der Waals surface area contributed by atoms with Crippen LogP contribution in [-0.2, 0) is 4.79 Å². The number of nitrogens with zero attached hydrogens (tertiary/aromatic N) is 2. The lowest BCUT2D eigenvalue weighted by Gasteiger charge is -2.33. The molecule has 1 aliphatic carbocycles. The average Bonchev–Trinajstić information content (AvgIpc) is 3.16. The van der Waals surface area contributed by atoms with Gasteiger partial charge in [-0.05, 0) is 52.0 Å². The predicted octanol–water partition coefficient (Wildman–Crippen LogP) is 4.23. The fraction of sp³-hybridized carbons (Fsp3) is 0.625. The van der Waals surface area contributed by atoms with E-state index < -0.39 is 23.8 Å². The molecular formula is C24H35F2N5O2S. The zero-order valence-corrected chi connectivity index (χ0v) is 20.7. The SMILES string of the molecule is CC(F)/C=C\C=C(\F)C(C)C(=O)Nc1cn[nH]c1C(=O)NC1CCCC(N2CCSCC2)CC1. The number of aromatic amines is 1. The van der Waals surface area contributed by atoms with E-state index in [-0.39, 0.29) is 23.3 Å². The second kappa shape index (κ2) is 13.0. The number of rotatable bonds is 8. The Morgan fingerprint density at radius 2 is 2.00 bits per heavy atom. The average molecular weight is 496 g/mol. The highest BCUT2D eigenvalue weighted by Crippen LogP contribution is 2.25. The van der Waals surface area contributed by atoms with Crippen LogP contribution in [0.2, 0.25) is 0 Å². The molecule has 1 saturated carbocycles. The first-order valence-electron chi connectivity index (χ1n) is 12.0. The molecule has 1 saturated heterocycles. The molecule has 2 heterocycles. The van der Waals surface area contributed by atoms with Gasteiger partial charge in [0.25, 0.3) is 5.91 Å². The molecule has 34 heavy (non-hydrogen) atoms. The molecule has 2 aliphatic rings. The van der Waals surface area contributed by atoms with Crippen molar-refractivity contribution >= 4 is 29.3 Å². The Balaban J connectivity index is 1.54. The fourth-order valence-corrected chi connectivity index (χ4v) is 5.29. The van der Waals surface area contributed by atoms with Crippen LogP contribution >= 0.6 is 11.8 Å². The molecule has 1 aromatic heterocycles. The minimum atomic E-state index is -1.21. The van der Waals surface area contributed by atoms with Crippen molar-refractivity contribution in [3.05, 3.63) is 35.9 Å². The first-order valence-corrected chi connectivity index (χ1v) is 13.2. The summed E-state index contributed by atoms with van der Waals surface area (Å²) in [4.78, 5) is 28.0. The van der Waals surface area contributed by atoms with Crippen LogP contribution in [-0.4, -0.2) is 69.8 Å². The van der Waals surface area contributed by atoms with Crippen molar-refractivity contribution in [2.24, 2.45) is 5.92 Å². The van der Waals surface area contributed by atoms with E-state index in [2.05, 4.69) is 25.7 Å². The molecule has 0 aromatic carbocycles. The van der Waals surface area contributed by atoms with Crippen molar-refractivity contribution in [2.75, 3.05) is 29.9 Å². The number of aromatic nitrogens is 2. The molecular weight excluding hydrogens is 460 g/mol. The molecule has 7 nitrogen and oxygen atoms in total.